The van der Waals surface area contributed by atoms with Gasteiger partial charge in [-0.15, -0.1) is 0 Å². The number of fused-ring (bicyclic) bond motifs is 1. The largest absolute Gasteiger partial charge is 0.366 e. The highest BCUT2D eigenvalue weighted by Crippen LogP contribution is 2.20. The first-order chi connectivity index (χ1) is 10.2. The molecule has 0 unspecified atom stereocenters. The van der Waals surface area contributed by atoms with Crippen LogP contribution >= 0.6 is 15.9 Å². The summed E-state index contributed by atoms with van der Waals surface area (Å²) in [4.78, 5) is 4.58. The quantitative estimate of drug-likeness (QED) is 0.766. The number of nitrogens with zero attached hydrogens (tertiary/aromatic N) is 2. The van der Waals surface area contributed by atoms with Gasteiger partial charge in [0.1, 0.15) is 5.82 Å². The molecule has 0 aliphatic heterocycles. The van der Waals surface area contributed by atoms with Gasteiger partial charge in [-0.25, -0.2) is 4.98 Å². The molecule has 21 heavy (non-hydrogen) atoms. The summed E-state index contributed by atoms with van der Waals surface area (Å²) < 4.78 is 1.05. The maximum atomic E-state index is 8.78. The minimum absolute atomic E-state index is 0.674. The number of hydrogen-bond acceptors (Lipinski definition) is 3. The van der Waals surface area contributed by atoms with Gasteiger partial charge in [-0.3, -0.25) is 0 Å². The molecule has 0 atom stereocenters. The molecule has 0 spiro atoms. The van der Waals surface area contributed by atoms with Gasteiger partial charge in [0.25, 0.3) is 0 Å². The topological polar surface area (TPSA) is 48.7 Å². The fourth-order valence-electron chi connectivity index (χ4n) is 2.08. The Morgan fingerprint density at radius 1 is 1.05 bits per heavy atom. The summed E-state index contributed by atoms with van der Waals surface area (Å²) in [6.45, 7) is 0.681. The number of rotatable bonds is 3. The molecule has 0 saturated carbocycles. The molecule has 0 amide bonds. The van der Waals surface area contributed by atoms with Gasteiger partial charge in [0, 0.05) is 16.4 Å². The second kappa shape index (κ2) is 5.94. The van der Waals surface area contributed by atoms with Crippen LogP contribution in [0.1, 0.15) is 11.1 Å². The Morgan fingerprint density at radius 2 is 1.86 bits per heavy atom. The van der Waals surface area contributed by atoms with Gasteiger partial charge in [0.15, 0.2) is 0 Å². The minimum atomic E-state index is 0.674. The van der Waals surface area contributed by atoms with Gasteiger partial charge in [0.05, 0.1) is 17.1 Å². The Hall–Kier alpha value is -2.38. The molecule has 0 radical (unpaired) electrons. The van der Waals surface area contributed by atoms with E-state index in [1.165, 1.54) is 0 Å². The van der Waals surface area contributed by atoms with E-state index in [9.17, 15) is 0 Å². The second-order valence-corrected chi connectivity index (χ2v) is 5.61. The van der Waals surface area contributed by atoms with Crippen molar-refractivity contribution < 1.29 is 0 Å². The summed E-state index contributed by atoms with van der Waals surface area (Å²) in [5.41, 5.74) is 2.75. The van der Waals surface area contributed by atoms with Crippen molar-refractivity contribution in [2.75, 3.05) is 5.32 Å². The predicted octanol–water partition coefficient (Wildman–Crippen LogP) is 4.48. The molecular formula is C17H12BrN3. The molecule has 102 valence electrons. The lowest BCUT2D eigenvalue weighted by atomic mass is 10.1. The lowest BCUT2D eigenvalue weighted by Gasteiger charge is -2.07. The number of pyridine rings is 1. The van der Waals surface area contributed by atoms with Crippen LogP contribution in [0.4, 0.5) is 5.82 Å². The highest BCUT2D eigenvalue weighted by atomic mass is 79.9. The average molecular weight is 338 g/mol. The first kappa shape index (κ1) is 13.6. The van der Waals surface area contributed by atoms with Crippen molar-refractivity contribution in [3.05, 3.63) is 70.2 Å². The number of aromatic nitrogens is 1. The van der Waals surface area contributed by atoms with E-state index in [0.29, 0.717) is 12.1 Å². The molecule has 0 aliphatic rings. The highest BCUT2D eigenvalue weighted by molar-refractivity contribution is 9.10. The van der Waals surface area contributed by atoms with Crippen LogP contribution in [0.25, 0.3) is 10.9 Å². The zero-order valence-electron chi connectivity index (χ0n) is 11.2. The number of benzene rings is 2. The molecule has 0 aliphatic carbocycles. The molecule has 0 saturated heterocycles. The van der Waals surface area contributed by atoms with E-state index in [0.717, 1.165) is 26.8 Å². The monoisotopic (exact) mass is 337 g/mol. The van der Waals surface area contributed by atoms with E-state index in [1.54, 1.807) is 0 Å². The molecule has 3 aromatic rings. The number of hydrogen-bond donors (Lipinski definition) is 1. The lowest BCUT2D eigenvalue weighted by Crippen LogP contribution is -2.01. The van der Waals surface area contributed by atoms with Crippen LogP contribution in [-0.2, 0) is 6.54 Å². The van der Waals surface area contributed by atoms with Crippen LogP contribution in [0.15, 0.2) is 59.1 Å². The van der Waals surface area contributed by atoms with Gasteiger partial charge < -0.3 is 5.32 Å². The SMILES string of the molecule is N#Cc1ccc(CNc2ccc3cc(Br)ccc3n2)cc1. The second-order valence-electron chi connectivity index (χ2n) is 4.70. The van der Waals surface area contributed by atoms with Crippen LogP contribution < -0.4 is 5.32 Å². The Bertz CT molecular complexity index is 820. The van der Waals surface area contributed by atoms with Crippen molar-refractivity contribution >= 4 is 32.7 Å². The summed E-state index contributed by atoms with van der Waals surface area (Å²) in [5, 5.41) is 13.2. The van der Waals surface area contributed by atoms with Crippen LogP contribution in [0.5, 0.6) is 0 Å². The van der Waals surface area contributed by atoms with E-state index in [2.05, 4.69) is 32.3 Å². The van der Waals surface area contributed by atoms with E-state index in [1.807, 2.05) is 54.6 Å². The van der Waals surface area contributed by atoms with E-state index in [4.69, 9.17) is 5.26 Å². The Labute approximate surface area is 131 Å². The third-order valence-electron chi connectivity index (χ3n) is 3.21. The molecule has 1 aromatic heterocycles. The molecule has 0 fully saturated rings. The lowest BCUT2D eigenvalue weighted by molar-refractivity contribution is 1.12. The number of halogens is 1. The molecule has 3 nitrogen and oxygen atoms in total. The number of anilines is 1. The van der Waals surface area contributed by atoms with Crippen molar-refractivity contribution in [1.82, 2.24) is 4.98 Å². The zero-order valence-corrected chi connectivity index (χ0v) is 12.8. The van der Waals surface area contributed by atoms with Crippen LogP contribution in [-0.4, -0.2) is 4.98 Å². The minimum Gasteiger partial charge on any atom is -0.366 e. The molecule has 3 rings (SSSR count). The van der Waals surface area contributed by atoms with Crippen LogP contribution in [0, 0.1) is 11.3 Å². The summed E-state index contributed by atoms with van der Waals surface area (Å²) in [6, 6.07) is 19.7. The van der Waals surface area contributed by atoms with Crippen molar-refractivity contribution in [3.8, 4) is 6.07 Å². The summed E-state index contributed by atoms with van der Waals surface area (Å²) >= 11 is 3.46. The summed E-state index contributed by atoms with van der Waals surface area (Å²) in [7, 11) is 0. The number of nitriles is 1. The van der Waals surface area contributed by atoms with Crippen LogP contribution in [0.3, 0.4) is 0 Å². The van der Waals surface area contributed by atoms with Crippen molar-refractivity contribution in [3.63, 3.8) is 0 Å². The van der Waals surface area contributed by atoms with Crippen molar-refractivity contribution in [2.45, 2.75) is 6.54 Å². The number of nitrogens with one attached hydrogen (secondary N) is 1. The van der Waals surface area contributed by atoms with Crippen molar-refractivity contribution in [1.29, 1.82) is 5.26 Å². The summed E-state index contributed by atoms with van der Waals surface area (Å²) in [6.07, 6.45) is 0. The molecular weight excluding hydrogens is 326 g/mol. The fourth-order valence-corrected chi connectivity index (χ4v) is 2.46. The third kappa shape index (κ3) is 3.21. The standard InChI is InChI=1S/C17H12BrN3/c18-15-6-7-16-14(9-15)5-8-17(21-16)20-11-13-3-1-12(10-19)2-4-13/h1-9H,11H2,(H,20,21). The first-order valence-electron chi connectivity index (χ1n) is 6.54. The zero-order chi connectivity index (χ0) is 14.7. The van der Waals surface area contributed by atoms with E-state index >= 15 is 0 Å². The van der Waals surface area contributed by atoms with Gasteiger partial charge in [-0.2, -0.15) is 5.26 Å². The highest BCUT2D eigenvalue weighted by Gasteiger charge is 2.00. The van der Waals surface area contributed by atoms with Gasteiger partial charge in [-0.1, -0.05) is 28.1 Å². The van der Waals surface area contributed by atoms with Crippen molar-refractivity contribution in [2.24, 2.45) is 0 Å². The third-order valence-corrected chi connectivity index (χ3v) is 3.70. The molecule has 1 heterocycles. The Balaban J connectivity index is 1.75. The Kier molecular flexibility index (Phi) is 3.85. The molecule has 0 bridgehead atoms. The first-order valence-corrected chi connectivity index (χ1v) is 7.33. The Morgan fingerprint density at radius 3 is 2.62 bits per heavy atom. The molecule has 1 N–H and O–H groups in total. The van der Waals surface area contributed by atoms with E-state index in [-0.39, 0.29) is 0 Å². The average Bonchev–Trinajstić information content (AvgIpc) is 2.53. The molecule has 4 heteroatoms. The van der Waals surface area contributed by atoms with Gasteiger partial charge >= 0.3 is 0 Å². The smallest absolute Gasteiger partial charge is 0.126 e. The van der Waals surface area contributed by atoms with Gasteiger partial charge in [0.2, 0.25) is 0 Å². The maximum Gasteiger partial charge on any atom is 0.126 e. The normalized spacial score (nSPS) is 10.3. The summed E-state index contributed by atoms with van der Waals surface area (Å²) in [5.74, 6) is 0.842. The van der Waals surface area contributed by atoms with Gasteiger partial charge in [-0.05, 0) is 48.0 Å². The van der Waals surface area contributed by atoms with E-state index < -0.39 is 0 Å². The molecule has 2 aromatic carbocycles. The fraction of sp³-hybridized carbons (Fsp3) is 0.0588. The van der Waals surface area contributed by atoms with Crippen LogP contribution in [0.2, 0.25) is 0 Å². The maximum absolute atomic E-state index is 8.78. The predicted molar refractivity (Wildman–Crippen MR) is 87.9 cm³/mol.